The number of pyridine rings is 1. The number of aromatic carboxylic acids is 1. The number of carboxylic acid groups (broad SMARTS) is 2. The molecular formula is C43H52IN9O5S. The number of aromatic nitrogens is 4. The predicted octanol–water partition coefficient (Wildman–Crippen LogP) is 9.18. The molecule has 5 heterocycles. The van der Waals surface area contributed by atoms with Crippen molar-refractivity contribution in [3.05, 3.63) is 65.4 Å². The molecule has 10 rings (SSSR count). The van der Waals surface area contributed by atoms with Gasteiger partial charge in [0, 0.05) is 64.7 Å². The molecule has 4 aliphatic carbocycles. The Kier molecular flexibility index (Phi) is 9.99. The van der Waals surface area contributed by atoms with E-state index in [0.717, 1.165) is 83.7 Å². The standard InChI is InChI=1S/C43H52IN9O5S/c1-26-35(48-38-46-30-9-6-7-10-31(30)59-38)49-50-37-41(26,5)13-8-14-52(37)32-12-11-28(34(47-32)36(56)57)29-17-45-53(27(29)2)25-42-20-39(3)19-40(4,21-42)23-43(22-39,24-42)58-16-15-51(44)18-33(54)55/h6-7,9-12,17,37H,8,13-16,18-25H2,1-5H3,(H,46,48)(H,54,55)(H,56,57). The SMILES string of the molecule is CC1=C(Nc2nc3ccccc3s2)N=NC2N(c3ccc(-c4cnn(CC56CC7(C)CC(C)(C5)CC(OCCN(I)CC(=O)O)(C7)C6)c4C)c(C(=O)O)n3)CCCC12C. The lowest BCUT2D eigenvalue weighted by atomic mass is 9.39. The average molecular weight is 934 g/mol. The highest BCUT2D eigenvalue weighted by atomic mass is 127. The number of carbonyl (C=O) groups is 2. The number of carboxylic acids is 2. The van der Waals surface area contributed by atoms with Crippen LogP contribution < -0.4 is 10.2 Å². The minimum absolute atomic E-state index is 0.00925. The van der Waals surface area contributed by atoms with Crippen molar-refractivity contribution in [1.82, 2.24) is 22.9 Å². The second-order valence-electron chi connectivity index (χ2n) is 19.0. The monoisotopic (exact) mass is 933 g/mol. The number of anilines is 2. The zero-order valence-electron chi connectivity index (χ0n) is 34.3. The van der Waals surface area contributed by atoms with E-state index in [0.29, 0.717) is 36.9 Å². The van der Waals surface area contributed by atoms with Gasteiger partial charge in [-0.25, -0.2) is 17.9 Å². The first kappa shape index (κ1) is 40.4. The van der Waals surface area contributed by atoms with E-state index < -0.39 is 11.9 Å². The normalized spacial score (nSPS) is 31.0. The fourth-order valence-corrected chi connectivity index (χ4v) is 13.9. The predicted molar refractivity (Wildman–Crippen MR) is 235 cm³/mol. The van der Waals surface area contributed by atoms with Crippen molar-refractivity contribution in [2.75, 3.05) is 36.5 Å². The van der Waals surface area contributed by atoms with Gasteiger partial charge < -0.3 is 25.2 Å². The highest BCUT2D eigenvalue weighted by Gasteiger charge is 2.66. The van der Waals surface area contributed by atoms with Crippen LogP contribution in [0.15, 0.2) is 64.2 Å². The van der Waals surface area contributed by atoms with Crippen molar-refractivity contribution in [2.45, 2.75) is 104 Å². The maximum atomic E-state index is 13.0. The molecule has 16 heteroatoms. The Morgan fingerprint density at radius 3 is 2.49 bits per heavy atom. The van der Waals surface area contributed by atoms with Crippen molar-refractivity contribution in [1.29, 1.82) is 0 Å². The molecule has 1 aromatic carbocycles. The van der Waals surface area contributed by atoms with Gasteiger partial charge in [0.15, 0.2) is 22.8 Å². The number of rotatable bonds is 13. The van der Waals surface area contributed by atoms with Crippen LogP contribution in [0.25, 0.3) is 21.3 Å². The van der Waals surface area contributed by atoms with Gasteiger partial charge in [-0.2, -0.15) is 10.2 Å². The average Bonchev–Trinajstić information content (AvgIpc) is 3.72. The quantitative estimate of drug-likeness (QED) is 0.0863. The Morgan fingerprint density at radius 2 is 1.76 bits per heavy atom. The number of piperidine rings is 1. The van der Waals surface area contributed by atoms with Crippen LogP contribution in [0.4, 0.5) is 10.9 Å². The molecule has 0 amide bonds. The molecule has 6 aliphatic rings. The summed E-state index contributed by atoms with van der Waals surface area (Å²) < 4.78 is 11.8. The summed E-state index contributed by atoms with van der Waals surface area (Å²) in [7, 11) is 0. The molecule has 5 fully saturated rings. The number of halogens is 1. The number of hydrogen-bond donors (Lipinski definition) is 3. The molecule has 312 valence electrons. The fraction of sp³-hybridized carbons (Fsp3) is 0.558. The maximum absolute atomic E-state index is 13.0. The minimum atomic E-state index is -1.09. The van der Waals surface area contributed by atoms with Gasteiger partial charge in [0.2, 0.25) is 0 Å². The van der Waals surface area contributed by atoms with E-state index in [9.17, 15) is 19.8 Å². The number of ether oxygens (including phenoxy) is 1. The van der Waals surface area contributed by atoms with Crippen LogP contribution in [0.5, 0.6) is 0 Å². The molecule has 1 saturated heterocycles. The Labute approximate surface area is 362 Å². The van der Waals surface area contributed by atoms with Crippen molar-refractivity contribution in [3.63, 3.8) is 0 Å². The maximum Gasteiger partial charge on any atom is 0.355 e. The lowest BCUT2D eigenvalue weighted by Gasteiger charge is -2.69. The molecule has 4 unspecified atom stereocenters. The number of fused-ring (bicyclic) bond motifs is 2. The molecule has 3 aromatic heterocycles. The Balaban J connectivity index is 0.953. The molecule has 0 radical (unpaired) electrons. The molecule has 0 spiro atoms. The van der Waals surface area contributed by atoms with Gasteiger partial charge >= 0.3 is 11.9 Å². The molecule has 59 heavy (non-hydrogen) atoms. The lowest BCUT2D eigenvalue weighted by molar-refractivity contribution is -0.248. The summed E-state index contributed by atoms with van der Waals surface area (Å²) in [4.78, 5) is 35.9. The Bertz CT molecular complexity index is 2360. The summed E-state index contributed by atoms with van der Waals surface area (Å²) in [6.45, 7) is 13.6. The topological polar surface area (TPSA) is 171 Å². The van der Waals surface area contributed by atoms with Crippen molar-refractivity contribution in [3.8, 4) is 11.1 Å². The molecule has 3 N–H and O–H groups in total. The number of nitrogens with zero attached hydrogens (tertiary/aromatic N) is 8. The largest absolute Gasteiger partial charge is 0.480 e. The van der Waals surface area contributed by atoms with Gasteiger partial charge in [-0.1, -0.05) is 44.2 Å². The number of thiazole rings is 1. The number of benzene rings is 1. The van der Waals surface area contributed by atoms with Crippen LogP contribution in [-0.4, -0.2) is 83.0 Å². The van der Waals surface area contributed by atoms with E-state index in [1.807, 2.05) is 37.3 Å². The zero-order chi connectivity index (χ0) is 41.5. The first-order valence-corrected chi connectivity index (χ1v) is 22.3. The molecule has 4 bridgehead atoms. The number of aliphatic carboxylic acids is 1. The molecule has 14 nitrogen and oxygen atoms in total. The van der Waals surface area contributed by atoms with Crippen LogP contribution >= 0.6 is 34.2 Å². The third kappa shape index (κ3) is 7.34. The Hall–Kier alpha value is -4.00. The van der Waals surface area contributed by atoms with E-state index >= 15 is 0 Å². The third-order valence-electron chi connectivity index (χ3n) is 13.9. The third-order valence-corrected chi connectivity index (χ3v) is 15.7. The first-order valence-electron chi connectivity index (χ1n) is 20.5. The Morgan fingerprint density at radius 1 is 1.00 bits per heavy atom. The minimum Gasteiger partial charge on any atom is -0.480 e. The van der Waals surface area contributed by atoms with Gasteiger partial charge in [0.25, 0.3) is 0 Å². The smallest absolute Gasteiger partial charge is 0.355 e. The first-order chi connectivity index (χ1) is 28.0. The molecule has 4 saturated carbocycles. The van der Waals surface area contributed by atoms with Crippen molar-refractivity contribution in [2.24, 2.45) is 31.9 Å². The van der Waals surface area contributed by atoms with Gasteiger partial charge in [-0.05, 0) is 111 Å². The zero-order valence-corrected chi connectivity index (χ0v) is 37.3. The van der Waals surface area contributed by atoms with Gasteiger partial charge in [-0.3, -0.25) is 9.48 Å². The van der Waals surface area contributed by atoms with Crippen molar-refractivity contribution >= 4 is 67.3 Å². The highest BCUT2D eigenvalue weighted by molar-refractivity contribution is 14.1. The number of azo groups is 1. The van der Waals surface area contributed by atoms with Crippen LogP contribution in [0.2, 0.25) is 0 Å². The van der Waals surface area contributed by atoms with E-state index in [2.05, 4.69) is 76.6 Å². The summed E-state index contributed by atoms with van der Waals surface area (Å²) in [6.07, 6.45) is 9.55. The second-order valence-corrected chi connectivity index (χ2v) is 21.4. The summed E-state index contributed by atoms with van der Waals surface area (Å²) in [6, 6.07) is 11.8. The van der Waals surface area contributed by atoms with Crippen molar-refractivity contribution < 1.29 is 24.5 Å². The summed E-state index contributed by atoms with van der Waals surface area (Å²) in [5.41, 5.74) is 3.87. The van der Waals surface area contributed by atoms with Crippen LogP contribution in [0.1, 0.15) is 95.2 Å². The number of hydrogen-bond acceptors (Lipinski definition) is 12. The fourth-order valence-electron chi connectivity index (χ4n) is 12.5. The molecular weight excluding hydrogens is 882 g/mol. The number of nitrogens with one attached hydrogen (secondary N) is 1. The van der Waals surface area contributed by atoms with E-state index in [1.54, 1.807) is 20.6 Å². The molecule has 4 atom stereocenters. The highest BCUT2D eigenvalue weighted by Crippen LogP contribution is 2.72. The molecule has 4 aromatic rings. The van der Waals surface area contributed by atoms with E-state index in [4.69, 9.17) is 24.9 Å². The van der Waals surface area contributed by atoms with Crippen LogP contribution in [0.3, 0.4) is 0 Å². The summed E-state index contributed by atoms with van der Waals surface area (Å²) >= 11 is 3.65. The summed E-state index contributed by atoms with van der Waals surface area (Å²) in [5, 5.41) is 38.5. The van der Waals surface area contributed by atoms with E-state index in [-0.39, 0.29) is 45.7 Å². The molecule has 2 aliphatic heterocycles. The van der Waals surface area contributed by atoms with E-state index in [1.165, 1.54) is 6.42 Å². The van der Waals surface area contributed by atoms with Crippen LogP contribution in [-0.2, 0) is 16.1 Å². The van der Waals surface area contributed by atoms with Gasteiger partial charge in [0.05, 0.1) is 28.6 Å². The lowest BCUT2D eigenvalue weighted by Crippen LogP contribution is -2.64. The van der Waals surface area contributed by atoms with Gasteiger partial charge in [0.1, 0.15) is 12.4 Å². The summed E-state index contributed by atoms with van der Waals surface area (Å²) in [5.74, 6) is -0.670. The van der Waals surface area contributed by atoms with Crippen LogP contribution in [0, 0.1) is 28.6 Å². The number of para-hydroxylation sites is 1. The van der Waals surface area contributed by atoms with Gasteiger partial charge in [-0.15, -0.1) is 5.11 Å². The second kappa shape index (κ2) is 14.6.